The van der Waals surface area contributed by atoms with E-state index in [0.717, 1.165) is 12.1 Å². The standard InChI is InChI=1S/C20H21FN2O5/c1-10-17(12(3)24)11(2)23-18(10)19(26)13(4)28-16(25)9-22-20(27)14-5-7-15(21)8-6-14/h5-8,13,23H,9H2,1-4H3,(H,22,27)/t13-/m1/s1. The van der Waals surface area contributed by atoms with Crippen molar-refractivity contribution in [3.05, 3.63) is 58.2 Å². The smallest absolute Gasteiger partial charge is 0.326 e. The number of benzene rings is 1. The molecule has 1 aromatic heterocycles. The number of ether oxygens (including phenoxy) is 1. The van der Waals surface area contributed by atoms with Gasteiger partial charge < -0.3 is 15.0 Å². The third-order valence-corrected chi connectivity index (χ3v) is 4.21. The predicted octanol–water partition coefficient (Wildman–Crippen LogP) is 2.52. The molecular weight excluding hydrogens is 367 g/mol. The molecule has 0 spiro atoms. The number of ketones is 2. The van der Waals surface area contributed by atoms with Gasteiger partial charge in [0.25, 0.3) is 5.91 Å². The molecule has 0 fully saturated rings. The van der Waals surface area contributed by atoms with Crippen LogP contribution in [0.1, 0.15) is 56.3 Å². The molecule has 0 aliphatic carbocycles. The van der Waals surface area contributed by atoms with Crippen LogP contribution in [-0.4, -0.2) is 41.1 Å². The molecule has 1 heterocycles. The summed E-state index contributed by atoms with van der Waals surface area (Å²) in [5.74, 6) is -2.50. The molecule has 2 rings (SSSR count). The maximum absolute atomic E-state index is 12.9. The Labute approximate surface area is 161 Å². The van der Waals surface area contributed by atoms with Gasteiger partial charge >= 0.3 is 5.97 Å². The molecule has 1 aromatic carbocycles. The van der Waals surface area contributed by atoms with Crippen LogP contribution in [0.15, 0.2) is 24.3 Å². The van der Waals surface area contributed by atoms with Gasteiger partial charge in [-0.2, -0.15) is 0 Å². The number of aryl methyl sites for hydroxylation is 1. The van der Waals surface area contributed by atoms with E-state index < -0.39 is 36.1 Å². The van der Waals surface area contributed by atoms with Crippen molar-refractivity contribution in [2.24, 2.45) is 0 Å². The van der Waals surface area contributed by atoms with Crippen molar-refractivity contribution >= 4 is 23.4 Å². The Morgan fingerprint density at radius 3 is 2.29 bits per heavy atom. The molecule has 28 heavy (non-hydrogen) atoms. The number of esters is 1. The second-order valence-corrected chi connectivity index (χ2v) is 6.37. The van der Waals surface area contributed by atoms with Crippen molar-refractivity contribution in [1.29, 1.82) is 0 Å². The van der Waals surface area contributed by atoms with E-state index in [-0.39, 0.29) is 17.0 Å². The van der Waals surface area contributed by atoms with Crippen LogP contribution in [0.4, 0.5) is 4.39 Å². The van der Waals surface area contributed by atoms with Gasteiger partial charge in [-0.15, -0.1) is 0 Å². The van der Waals surface area contributed by atoms with Crippen LogP contribution >= 0.6 is 0 Å². The largest absolute Gasteiger partial charge is 0.453 e. The highest BCUT2D eigenvalue weighted by Gasteiger charge is 2.26. The maximum Gasteiger partial charge on any atom is 0.326 e. The van der Waals surface area contributed by atoms with E-state index in [1.807, 2.05) is 0 Å². The molecule has 0 unspecified atom stereocenters. The number of Topliss-reactive ketones (excluding diaryl/α,β-unsaturated/α-hetero) is 2. The topological polar surface area (TPSA) is 105 Å². The van der Waals surface area contributed by atoms with E-state index >= 15 is 0 Å². The van der Waals surface area contributed by atoms with Gasteiger partial charge in [0.1, 0.15) is 12.4 Å². The van der Waals surface area contributed by atoms with Gasteiger partial charge in [0.05, 0.1) is 5.69 Å². The first-order valence-corrected chi connectivity index (χ1v) is 8.59. The molecule has 0 radical (unpaired) electrons. The Bertz CT molecular complexity index is 931. The van der Waals surface area contributed by atoms with Crippen molar-refractivity contribution in [2.45, 2.75) is 33.8 Å². The summed E-state index contributed by atoms with van der Waals surface area (Å²) in [4.78, 5) is 50.9. The Morgan fingerprint density at radius 1 is 1.14 bits per heavy atom. The Morgan fingerprint density at radius 2 is 1.75 bits per heavy atom. The minimum atomic E-state index is -1.10. The first kappa shape index (κ1) is 21.0. The highest BCUT2D eigenvalue weighted by molar-refractivity contribution is 6.05. The van der Waals surface area contributed by atoms with Crippen molar-refractivity contribution in [3.63, 3.8) is 0 Å². The summed E-state index contributed by atoms with van der Waals surface area (Å²) in [5.41, 5.74) is 1.90. The average molecular weight is 388 g/mol. The lowest BCUT2D eigenvalue weighted by Crippen LogP contribution is -2.34. The monoisotopic (exact) mass is 388 g/mol. The van der Waals surface area contributed by atoms with E-state index in [1.165, 1.54) is 26.0 Å². The number of aromatic nitrogens is 1. The van der Waals surface area contributed by atoms with Crippen molar-refractivity contribution < 1.29 is 28.3 Å². The second kappa shape index (κ2) is 8.60. The van der Waals surface area contributed by atoms with Gasteiger partial charge in [-0.3, -0.25) is 19.2 Å². The Balaban J connectivity index is 1.96. The van der Waals surface area contributed by atoms with Crippen molar-refractivity contribution in [3.8, 4) is 0 Å². The first-order valence-electron chi connectivity index (χ1n) is 8.59. The SMILES string of the molecule is CC(=O)c1c(C)[nH]c(C(=O)[C@@H](C)OC(=O)CNC(=O)c2ccc(F)cc2)c1C. The summed E-state index contributed by atoms with van der Waals surface area (Å²) in [6, 6.07) is 4.82. The summed E-state index contributed by atoms with van der Waals surface area (Å²) in [7, 11) is 0. The number of carbonyl (C=O) groups is 4. The van der Waals surface area contributed by atoms with E-state index in [1.54, 1.807) is 13.8 Å². The fourth-order valence-corrected chi connectivity index (χ4v) is 2.88. The summed E-state index contributed by atoms with van der Waals surface area (Å²) in [5, 5.41) is 2.34. The highest BCUT2D eigenvalue weighted by atomic mass is 19.1. The van der Waals surface area contributed by atoms with Crippen LogP contribution in [-0.2, 0) is 9.53 Å². The lowest BCUT2D eigenvalue weighted by molar-refractivity contribution is -0.145. The number of rotatable bonds is 7. The number of carbonyl (C=O) groups excluding carboxylic acids is 4. The van der Waals surface area contributed by atoms with Crippen LogP contribution in [0.3, 0.4) is 0 Å². The second-order valence-electron chi connectivity index (χ2n) is 6.37. The predicted molar refractivity (Wildman–Crippen MR) is 98.9 cm³/mol. The molecule has 148 valence electrons. The molecule has 0 aliphatic heterocycles. The Kier molecular flexibility index (Phi) is 6.45. The molecular formula is C20H21FN2O5. The minimum Gasteiger partial charge on any atom is -0.453 e. The lowest BCUT2D eigenvalue weighted by Gasteiger charge is -2.13. The van der Waals surface area contributed by atoms with Crippen LogP contribution < -0.4 is 5.32 Å². The highest BCUT2D eigenvalue weighted by Crippen LogP contribution is 2.20. The van der Waals surface area contributed by atoms with Gasteiger partial charge in [-0.05, 0) is 57.5 Å². The Hall–Kier alpha value is -3.29. The number of hydrogen-bond donors (Lipinski definition) is 2. The zero-order valence-corrected chi connectivity index (χ0v) is 16.0. The number of nitrogens with one attached hydrogen (secondary N) is 2. The number of aromatic amines is 1. The summed E-state index contributed by atoms with van der Waals surface area (Å²) in [6.45, 7) is 5.69. The fraction of sp³-hybridized carbons (Fsp3) is 0.300. The van der Waals surface area contributed by atoms with E-state index in [9.17, 15) is 23.6 Å². The van der Waals surface area contributed by atoms with Gasteiger partial charge in [0.15, 0.2) is 11.9 Å². The molecule has 0 bridgehead atoms. The minimum absolute atomic E-state index is 0.168. The van der Waals surface area contributed by atoms with E-state index in [2.05, 4.69) is 10.3 Å². The van der Waals surface area contributed by atoms with Crippen molar-refractivity contribution in [2.75, 3.05) is 6.54 Å². The lowest BCUT2D eigenvalue weighted by atomic mass is 10.0. The van der Waals surface area contributed by atoms with Gasteiger partial charge in [-0.25, -0.2) is 4.39 Å². The zero-order chi connectivity index (χ0) is 21.0. The molecule has 0 saturated carbocycles. The molecule has 8 heteroatoms. The molecule has 0 saturated heterocycles. The normalized spacial score (nSPS) is 11.6. The number of halogens is 1. The maximum atomic E-state index is 12.9. The zero-order valence-electron chi connectivity index (χ0n) is 16.0. The molecule has 1 amide bonds. The molecule has 7 nitrogen and oxygen atoms in total. The van der Waals surface area contributed by atoms with Crippen molar-refractivity contribution in [1.82, 2.24) is 10.3 Å². The van der Waals surface area contributed by atoms with Gasteiger partial charge in [0, 0.05) is 16.8 Å². The van der Waals surface area contributed by atoms with Gasteiger partial charge in [0.2, 0.25) is 5.78 Å². The van der Waals surface area contributed by atoms with Crippen LogP contribution in [0.2, 0.25) is 0 Å². The number of H-pyrrole nitrogens is 1. The quantitative estimate of drug-likeness (QED) is 0.560. The van der Waals surface area contributed by atoms with Crippen LogP contribution in [0.5, 0.6) is 0 Å². The third kappa shape index (κ3) is 4.70. The van der Waals surface area contributed by atoms with E-state index in [0.29, 0.717) is 16.8 Å². The molecule has 2 aromatic rings. The first-order chi connectivity index (χ1) is 13.1. The van der Waals surface area contributed by atoms with Gasteiger partial charge in [-0.1, -0.05) is 0 Å². The summed E-state index contributed by atoms with van der Waals surface area (Å²) < 4.78 is 17.9. The number of hydrogen-bond acceptors (Lipinski definition) is 5. The summed E-state index contributed by atoms with van der Waals surface area (Å²) in [6.07, 6.45) is -1.10. The average Bonchev–Trinajstić information content (AvgIpc) is 2.93. The molecule has 0 aliphatic rings. The van der Waals surface area contributed by atoms with E-state index in [4.69, 9.17) is 4.74 Å². The molecule has 2 N–H and O–H groups in total. The fourth-order valence-electron chi connectivity index (χ4n) is 2.88. The van der Waals surface area contributed by atoms with Crippen LogP contribution in [0, 0.1) is 19.7 Å². The summed E-state index contributed by atoms with van der Waals surface area (Å²) >= 11 is 0. The number of amides is 1. The van der Waals surface area contributed by atoms with Crippen LogP contribution in [0.25, 0.3) is 0 Å². The molecule has 1 atom stereocenters. The third-order valence-electron chi connectivity index (χ3n) is 4.21.